The highest BCUT2D eigenvalue weighted by molar-refractivity contribution is 5.77. The lowest BCUT2D eigenvalue weighted by Gasteiger charge is -2.61. The number of esters is 4. The molecule has 2 heterocycles. The van der Waals surface area contributed by atoms with Crippen LogP contribution in [0.5, 0.6) is 0 Å². The van der Waals surface area contributed by atoms with Crippen LogP contribution in [-0.2, 0) is 52.3 Å². The molecule has 28 atom stereocenters. The van der Waals surface area contributed by atoms with Crippen molar-refractivity contribution < 1.29 is 57.1 Å². The van der Waals surface area contributed by atoms with Crippen LogP contribution in [0, 0.1) is 172 Å². The summed E-state index contributed by atoms with van der Waals surface area (Å²) >= 11 is 0. The van der Waals surface area contributed by atoms with Gasteiger partial charge < -0.3 is 38.5 Å². The molecule has 1 N–H and O–H groups in total. The fourth-order valence-corrected chi connectivity index (χ4v) is 33.3. The third kappa shape index (κ3) is 25.6. The van der Waals surface area contributed by atoms with Gasteiger partial charge in [-0.3, -0.25) is 19.2 Å². The molecular formula is C128H231NO12. The maximum absolute atomic E-state index is 12.8. The van der Waals surface area contributed by atoms with Crippen LogP contribution in [0.4, 0.5) is 4.79 Å². The van der Waals surface area contributed by atoms with Gasteiger partial charge in [0.05, 0.1) is 54.1 Å². The van der Waals surface area contributed by atoms with Gasteiger partial charge in [0.2, 0.25) is 0 Å². The van der Waals surface area contributed by atoms with Crippen LogP contribution >= 0.6 is 0 Å². The quantitative estimate of drug-likeness (QED) is 0.0524. The Morgan fingerprint density at radius 3 is 1.33 bits per heavy atom. The van der Waals surface area contributed by atoms with Crippen LogP contribution in [0.2, 0.25) is 0 Å². The third-order valence-corrected chi connectivity index (χ3v) is 43.8. The van der Waals surface area contributed by atoms with Crippen LogP contribution < -0.4 is 5.32 Å². The maximum Gasteiger partial charge on any atom is 0.407 e. The lowest BCUT2D eigenvalue weighted by molar-refractivity contribution is -0.265. The average molecular weight is 1980 g/mol. The summed E-state index contributed by atoms with van der Waals surface area (Å²) in [6.45, 7) is 63.4. The normalized spacial score (nSPS) is 38.3. The number of hydrogen-bond donors (Lipinski definition) is 1. The minimum absolute atomic E-state index is 0. The van der Waals surface area contributed by atoms with E-state index in [1.54, 1.807) is 22.3 Å². The van der Waals surface area contributed by atoms with Crippen LogP contribution in [0.3, 0.4) is 0 Å². The smallest absolute Gasteiger partial charge is 0.407 e. The first kappa shape index (κ1) is 127. The predicted octanol–water partition coefficient (Wildman–Crippen LogP) is 36.2. The number of carbonyl (C=O) groups excluding carboxylic acids is 5. The van der Waals surface area contributed by atoms with E-state index in [-0.39, 0.29) is 147 Å². The Bertz CT molecular complexity index is 4110. The number of nitrogens with one attached hydrogen (secondary N) is 1. The lowest BCUT2D eigenvalue weighted by atomic mass is 9.44. The van der Waals surface area contributed by atoms with Crippen molar-refractivity contribution in [3.8, 4) is 0 Å². The maximum atomic E-state index is 12.8. The summed E-state index contributed by atoms with van der Waals surface area (Å²) in [4.78, 5) is 62.6. The summed E-state index contributed by atoms with van der Waals surface area (Å²) < 4.78 is 42.5. The summed E-state index contributed by atoms with van der Waals surface area (Å²) in [5, 5.41) is 2.75. The van der Waals surface area contributed by atoms with Gasteiger partial charge in [-0.2, -0.15) is 0 Å². The van der Waals surface area contributed by atoms with Crippen molar-refractivity contribution in [2.45, 2.75) is 534 Å². The molecule has 1 amide bonds. The number of unbranched alkanes of at least 4 members (excludes halogenated alkanes) is 3. The zero-order chi connectivity index (χ0) is 96.8. The second-order valence-electron chi connectivity index (χ2n) is 53.4. The van der Waals surface area contributed by atoms with Gasteiger partial charge in [-0.15, -0.1) is 0 Å². The molecule has 16 aliphatic rings. The third-order valence-electron chi connectivity index (χ3n) is 43.8. The lowest BCUT2D eigenvalue weighted by Crippen LogP contribution is -2.55. The first-order valence-corrected chi connectivity index (χ1v) is 56.4. The number of allylic oxidation sites excluding steroid dienone is 8. The van der Waals surface area contributed by atoms with Crippen LogP contribution in [-0.4, -0.2) is 87.0 Å². The first-order chi connectivity index (χ1) is 62.6. The molecule has 820 valence electrons. The Kier molecular flexibility index (Phi) is 45.5. The topological polar surface area (TPSA) is 162 Å². The SMILES string of the molecule is C.C.C.C.C.C.C.C.CCC(C)(C)C(=O)OCC1(C)CCCC2(C)C3CCC(C(C)C)=CC3=CCC12.CCC(C)(C)C(=O)OCCNC(=O)OCC1(C)CCCC2(C)C3CCC(C(C)C)=CC3=CCC12.CCC(C)(C)C(=O)O[C@@H]1CCC2(C)C(CCC3C2CCC2(C)C3CC3O[C@]4(CCCCO4)[C@@H](C)C32)C1.CCCCCCC(C)C1CCC2C3CCC4C[C@H](OC(=O)C(C)(C)CC)CCC4(C)C3CCC12C. The van der Waals surface area contributed by atoms with Crippen molar-refractivity contribution in [1.29, 1.82) is 0 Å². The molecule has 16 rings (SSSR count). The number of alkyl carbamates (subject to hydrolysis) is 1. The van der Waals surface area contributed by atoms with Crippen molar-refractivity contribution in [2.24, 2.45) is 172 Å². The van der Waals surface area contributed by atoms with Crippen LogP contribution in [0.15, 0.2) is 46.6 Å². The molecule has 141 heavy (non-hydrogen) atoms. The van der Waals surface area contributed by atoms with Crippen molar-refractivity contribution in [3.05, 3.63) is 46.6 Å². The number of ether oxygens (including phenoxy) is 7. The zero-order valence-electron chi connectivity index (χ0n) is 90.4. The van der Waals surface area contributed by atoms with Crippen LogP contribution in [0.25, 0.3) is 0 Å². The van der Waals surface area contributed by atoms with E-state index in [1.807, 2.05) is 62.3 Å². The molecule has 0 aromatic carbocycles. The minimum atomic E-state index is -0.498. The molecule has 13 heteroatoms. The Morgan fingerprint density at radius 1 is 0.440 bits per heavy atom. The molecule has 0 aromatic rings. The molecule has 13 nitrogen and oxygen atoms in total. The largest absolute Gasteiger partial charge is 0.465 e. The van der Waals surface area contributed by atoms with E-state index < -0.39 is 11.5 Å². The molecule has 2 saturated heterocycles. The summed E-state index contributed by atoms with van der Waals surface area (Å²) in [5.74, 6) is 12.9. The van der Waals surface area contributed by atoms with E-state index in [2.05, 4.69) is 154 Å². The van der Waals surface area contributed by atoms with E-state index in [4.69, 9.17) is 33.2 Å². The monoisotopic (exact) mass is 1970 g/mol. The van der Waals surface area contributed by atoms with Crippen molar-refractivity contribution in [3.63, 3.8) is 0 Å². The Balaban J connectivity index is 0.000000326. The predicted molar refractivity (Wildman–Crippen MR) is 595 cm³/mol. The number of carbonyl (C=O) groups is 5. The molecule has 0 radical (unpaired) electrons. The average Bonchev–Trinajstić information content (AvgIpc) is 1.54. The van der Waals surface area contributed by atoms with Gasteiger partial charge in [0.1, 0.15) is 18.8 Å². The fourth-order valence-electron chi connectivity index (χ4n) is 33.3. The zero-order valence-corrected chi connectivity index (χ0v) is 90.4. The van der Waals surface area contributed by atoms with Gasteiger partial charge >= 0.3 is 30.0 Å². The number of hydrogen-bond acceptors (Lipinski definition) is 12. The number of fused-ring (bicyclic) bond motifs is 18. The molecule has 12 fully saturated rings. The number of rotatable bonds is 25. The van der Waals surface area contributed by atoms with Gasteiger partial charge in [-0.1, -0.05) is 271 Å². The molecule has 14 aliphatic carbocycles. The van der Waals surface area contributed by atoms with Gasteiger partial charge in [-0.05, 0) is 412 Å². The van der Waals surface area contributed by atoms with E-state index in [9.17, 15) is 24.0 Å². The molecule has 2 aliphatic heterocycles. The summed E-state index contributed by atoms with van der Waals surface area (Å²) in [7, 11) is 0. The van der Waals surface area contributed by atoms with Gasteiger partial charge in [-0.25, -0.2) is 4.79 Å². The molecule has 0 aromatic heterocycles. The highest BCUT2D eigenvalue weighted by atomic mass is 16.7. The first-order valence-electron chi connectivity index (χ1n) is 56.4. The van der Waals surface area contributed by atoms with Crippen molar-refractivity contribution >= 4 is 30.0 Å². The van der Waals surface area contributed by atoms with Gasteiger partial charge in [0.15, 0.2) is 5.79 Å². The fraction of sp³-hybridized carbons (Fsp3) is 0.898. The van der Waals surface area contributed by atoms with Gasteiger partial charge in [0.25, 0.3) is 0 Å². The Labute approximate surface area is 871 Å². The highest BCUT2D eigenvalue weighted by Gasteiger charge is 2.70. The van der Waals surface area contributed by atoms with E-state index in [0.717, 1.165) is 130 Å². The molecule has 24 unspecified atom stereocenters. The Hall–Kier alpha value is -3.97. The highest BCUT2D eigenvalue weighted by Crippen LogP contribution is 2.74. The summed E-state index contributed by atoms with van der Waals surface area (Å²) in [6, 6.07) is 0. The van der Waals surface area contributed by atoms with Crippen molar-refractivity contribution in [1.82, 2.24) is 5.32 Å². The summed E-state index contributed by atoms with van der Waals surface area (Å²) in [6.07, 6.45) is 60.8. The molecule has 10 saturated carbocycles. The number of amides is 1. The Morgan fingerprint density at radius 2 is 0.879 bits per heavy atom. The van der Waals surface area contributed by atoms with Crippen LogP contribution in [0.1, 0.15) is 510 Å². The van der Waals surface area contributed by atoms with Gasteiger partial charge in [0, 0.05) is 23.2 Å². The second kappa shape index (κ2) is 50.3. The standard InChI is InChI=1S/C33H58O2.C32H52O4.C29H47NO4.C26H42O2.8CH4/c1-8-10-11-12-13-23(3)27-16-17-28-26-15-14-24-22-25(35-30(34)31(4,5)9-2)18-20-32(24,6)29(26)19-21-33(27,28)7;1-7-29(3,4)28(33)35-22-12-15-30(5)21(18-22)10-11-23-24(30)13-16-31(6)25(23)19-26-27(31)20(2)32(36-26)14-8-9-17-34-32;1-8-27(4,5)25(31)33-17-16-30-26(32)34-19-28(6)14-9-15-29(7)23-12-10-21(20(2)3)18-22(23)11-13-24(28)29;1-8-24(4,5)23(27)28-17-25(6)14-9-15-26(7)21-12-10-19(18(2)3)16-20(21)11-13-22(25)26;;;;;;;;/h23-29H,8-22H2,1-7H3;20-27H,7-19H2,1-6H3;11,18,20,23-24H,8-10,12-17,19H2,1-7H3,(H,30,32);11,16,18,21-22H,8-10,12-15,17H2,1-7H3;8*1H4/t23?,24?,25-,26?,27?,28?,29?,32?,33?;20-,21?,22+,23?,24?,25?,26?,27?,30?,31?,32+;;;;;;;;;;/m10........../s1. The molecule has 1 spiro atoms. The second-order valence-corrected chi connectivity index (χ2v) is 53.4. The molecule has 0 bridgehead atoms. The molecular weight excluding hydrogens is 1740 g/mol. The van der Waals surface area contributed by atoms with E-state index >= 15 is 0 Å². The van der Waals surface area contributed by atoms with Crippen molar-refractivity contribution in [2.75, 3.05) is 33.0 Å². The van der Waals surface area contributed by atoms with E-state index in [1.165, 1.54) is 186 Å². The van der Waals surface area contributed by atoms with E-state index in [0.29, 0.717) is 106 Å². The summed E-state index contributed by atoms with van der Waals surface area (Å²) in [5.41, 5.74) is 7.31. The minimum Gasteiger partial charge on any atom is -0.465 e.